The molecule has 0 aliphatic heterocycles. The van der Waals surface area contributed by atoms with E-state index in [0.29, 0.717) is 30.1 Å². The first-order valence-corrected chi connectivity index (χ1v) is 8.44. The second kappa shape index (κ2) is 5.94. The average Bonchev–Trinajstić information content (AvgIpc) is 3.22. The van der Waals surface area contributed by atoms with Crippen LogP contribution in [-0.4, -0.2) is 25.8 Å². The second-order valence-electron chi connectivity index (χ2n) is 5.40. The van der Waals surface area contributed by atoms with Crippen molar-refractivity contribution >= 4 is 10.0 Å². The molecule has 1 aliphatic carbocycles. The Labute approximate surface area is 121 Å². The fraction of sp³-hybridized carbons (Fsp3) is 0.533. The summed E-state index contributed by atoms with van der Waals surface area (Å²) >= 11 is 0. The van der Waals surface area contributed by atoms with Crippen molar-refractivity contribution in [1.82, 2.24) is 4.31 Å². The van der Waals surface area contributed by atoms with Gasteiger partial charge in [-0.1, -0.05) is 13.0 Å². The van der Waals surface area contributed by atoms with E-state index in [2.05, 4.69) is 0 Å². The van der Waals surface area contributed by atoms with Crippen LogP contribution < -0.4 is 0 Å². The molecule has 0 N–H and O–H groups in total. The van der Waals surface area contributed by atoms with E-state index in [1.165, 1.54) is 6.07 Å². The Morgan fingerprint density at radius 2 is 2.10 bits per heavy atom. The summed E-state index contributed by atoms with van der Waals surface area (Å²) in [5.41, 5.74) is 1.08. The smallest absolute Gasteiger partial charge is 0.207 e. The van der Waals surface area contributed by atoms with Crippen LogP contribution >= 0.6 is 0 Å². The van der Waals surface area contributed by atoms with Gasteiger partial charge in [-0.25, -0.2) is 8.42 Å². The van der Waals surface area contributed by atoms with E-state index in [4.69, 9.17) is 5.26 Å². The third-order valence-corrected chi connectivity index (χ3v) is 5.57. The number of benzene rings is 1. The Morgan fingerprint density at radius 1 is 1.40 bits per heavy atom. The summed E-state index contributed by atoms with van der Waals surface area (Å²) in [5.74, 6) is 0.510. The SMILES string of the molecule is CCCN(CC1CC1)S(=O)(=O)c1cc(C#N)ccc1C. The fourth-order valence-electron chi connectivity index (χ4n) is 2.23. The highest BCUT2D eigenvalue weighted by molar-refractivity contribution is 7.89. The highest BCUT2D eigenvalue weighted by atomic mass is 32.2. The largest absolute Gasteiger partial charge is 0.243 e. The van der Waals surface area contributed by atoms with Crippen LogP contribution in [0.15, 0.2) is 23.1 Å². The van der Waals surface area contributed by atoms with E-state index in [9.17, 15) is 8.42 Å². The third-order valence-electron chi connectivity index (χ3n) is 3.57. The molecule has 0 unspecified atom stereocenters. The van der Waals surface area contributed by atoms with Crippen molar-refractivity contribution in [2.24, 2.45) is 5.92 Å². The van der Waals surface area contributed by atoms with Gasteiger partial charge in [-0.3, -0.25) is 0 Å². The molecule has 0 bridgehead atoms. The van der Waals surface area contributed by atoms with Crippen molar-refractivity contribution in [1.29, 1.82) is 5.26 Å². The Balaban J connectivity index is 2.38. The van der Waals surface area contributed by atoms with Gasteiger partial charge in [-0.05, 0) is 49.8 Å². The summed E-state index contributed by atoms with van der Waals surface area (Å²) in [6.45, 7) is 4.89. The van der Waals surface area contributed by atoms with Gasteiger partial charge < -0.3 is 0 Å². The molecular weight excluding hydrogens is 272 g/mol. The molecule has 0 amide bonds. The molecule has 2 rings (SSSR count). The van der Waals surface area contributed by atoms with Crippen LogP contribution in [0.5, 0.6) is 0 Å². The molecule has 5 heteroatoms. The molecular formula is C15H20N2O2S. The first-order valence-electron chi connectivity index (χ1n) is 7.00. The average molecular weight is 292 g/mol. The summed E-state index contributed by atoms with van der Waals surface area (Å²) in [4.78, 5) is 0.269. The van der Waals surface area contributed by atoms with Gasteiger partial charge in [-0.15, -0.1) is 0 Å². The molecule has 20 heavy (non-hydrogen) atoms. The highest BCUT2D eigenvalue weighted by Gasteiger charge is 2.32. The molecule has 0 radical (unpaired) electrons. The number of nitrogens with zero attached hydrogens (tertiary/aromatic N) is 2. The van der Waals surface area contributed by atoms with Gasteiger partial charge in [0, 0.05) is 13.1 Å². The molecule has 1 saturated carbocycles. The molecule has 1 aromatic carbocycles. The number of hydrogen-bond donors (Lipinski definition) is 0. The molecule has 0 aromatic heterocycles. The highest BCUT2D eigenvalue weighted by Crippen LogP contribution is 2.32. The Hall–Kier alpha value is -1.38. The molecule has 1 fully saturated rings. The van der Waals surface area contributed by atoms with E-state index in [1.807, 2.05) is 13.0 Å². The zero-order chi connectivity index (χ0) is 14.8. The minimum absolute atomic E-state index is 0.269. The predicted molar refractivity (Wildman–Crippen MR) is 77.7 cm³/mol. The zero-order valence-corrected chi connectivity index (χ0v) is 12.8. The third kappa shape index (κ3) is 3.20. The summed E-state index contributed by atoms with van der Waals surface area (Å²) in [6.07, 6.45) is 3.03. The van der Waals surface area contributed by atoms with Crippen LogP contribution in [0.4, 0.5) is 0 Å². The van der Waals surface area contributed by atoms with E-state index < -0.39 is 10.0 Å². The van der Waals surface area contributed by atoms with Crippen molar-refractivity contribution in [3.05, 3.63) is 29.3 Å². The van der Waals surface area contributed by atoms with Crippen LogP contribution in [0.2, 0.25) is 0 Å². The number of aryl methyl sites for hydroxylation is 1. The van der Waals surface area contributed by atoms with Crippen LogP contribution in [0.3, 0.4) is 0 Å². The van der Waals surface area contributed by atoms with Crippen molar-refractivity contribution in [2.45, 2.75) is 38.0 Å². The molecule has 0 spiro atoms. The number of nitriles is 1. The standard InChI is InChI=1S/C15H20N2O2S/c1-3-8-17(11-13-6-7-13)20(18,19)15-9-14(10-16)5-4-12(15)2/h4-5,9,13H,3,6-8,11H2,1-2H3. The maximum Gasteiger partial charge on any atom is 0.243 e. The molecule has 1 aliphatic rings. The van der Waals surface area contributed by atoms with Crippen molar-refractivity contribution in [2.75, 3.05) is 13.1 Å². The van der Waals surface area contributed by atoms with Crippen LogP contribution in [0.1, 0.15) is 37.3 Å². The van der Waals surface area contributed by atoms with Crippen molar-refractivity contribution < 1.29 is 8.42 Å². The van der Waals surface area contributed by atoms with Gasteiger partial charge in [0.15, 0.2) is 0 Å². The summed E-state index contributed by atoms with van der Waals surface area (Å²) in [6, 6.07) is 6.85. The monoisotopic (exact) mass is 292 g/mol. The van der Waals surface area contributed by atoms with Crippen LogP contribution in [0.25, 0.3) is 0 Å². The lowest BCUT2D eigenvalue weighted by molar-refractivity contribution is 0.395. The van der Waals surface area contributed by atoms with Gasteiger partial charge in [0.1, 0.15) is 0 Å². The summed E-state index contributed by atoms with van der Waals surface area (Å²) < 4.78 is 27.2. The number of hydrogen-bond acceptors (Lipinski definition) is 3. The maximum atomic E-state index is 12.8. The van der Waals surface area contributed by atoms with E-state index >= 15 is 0 Å². The fourth-order valence-corrected chi connectivity index (χ4v) is 4.09. The molecule has 0 saturated heterocycles. The quantitative estimate of drug-likeness (QED) is 0.810. The number of sulfonamides is 1. The number of rotatable bonds is 6. The summed E-state index contributed by atoms with van der Waals surface area (Å²) in [5, 5.41) is 8.96. The van der Waals surface area contributed by atoms with Gasteiger partial charge in [0.05, 0.1) is 16.5 Å². The van der Waals surface area contributed by atoms with E-state index in [1.54, 1.807) is 23.4 Å². The van der Waals surface area contributed by atoms with Crippen molar-refractivity contribution in [3.8, 4) is 6.07 Å². The topological polar surface area (TPSA) is 61.2 Å². The molecule has 0 heterocycles. The van der Waals surface area contributed by atoms with E-state index in [-0.39, 0.29) is 4.90 Å². The first-order chi connectivity index (χ1) is 9.48. The zero-order valence-electron chi connectivity index (χ0n) is 12.0. The second-order valence-corrected chi connectivity index (χ2v) is 7.30. The lowest BCUT2D eigenvalue weighted by Gasteiger charge is -2.22. The molecule has 108 valence electrons. The van der Waals surface area contributed by atoms with Gasteiger partial charge >= 0.3 is 0 Å². The molecule has 0 atom stereocenters. The normalized spacial score (nSPS) is 15.3. The lowest BCUT2D eigenvalue weighted by Crippen LogP contribution is -2.34. The molecule has 1 aromatic rings. The van der Waals surface area contributed by atoms with Gasteiger partial charge in [0.25, 0.3) is 0 Å². The summed E-state index contributed by atoms with van der Waals surface area (Å²) in [7, 11) is -3.50. The maximum absolute atomic E-state index is 12.8. The first kappa shape index (κ1) is 15.0. The lowest BCUT2D eigenvalue weighted by atomic mass is 10.2. The Morgan fingerprint density at radius 3 is 2.65 bits per heavy atom. The van der Waals surface area contributed by atoms with Gasteiger partial charge in [-0.2, -0.15) is 9.57 Å². The van der Waals surface area contributed by atoms with Gasteiger partial charge in [0.2, 0.25) is 10.0 Å². The minimum atomic E-state index is -3.50. The Kier molecular flexibility index (Phi) is 4.46. The minimum Gasteiger partial charge on any atom is -0.207 e. The van der Waals surface area contributed by atoms with E-state index in [0.717, 1.165) is 19.3 Å². The van der Waals surface area contributed by atoms with Crippen molar-refractivity contribution in [3.63, 3.8) is 0 Å². The molecule has 4 nitrogen and oxygen atoms in total. The van der Waals surface area contributed by atoms with Crippen LogP contribution in [0, 0.1) is 24.2 Å². The van der Waals surface area contributed by atoms with Crippen LogP contribution in [-0.2, 0) is 10.0 Å². The predicted octanol–water partition coefficient (Wildman–Crippen LogP) is 2.68. The Bertz CT molecular complexity index is 628.